The van der Waals surface area contributed by atoms with E-state index in [0.717, 1.165) is 38.6 Å². The number of nitrogens with one attached hydrogen (secondary N) is 1. The molecule has 0 aliphatic heterocycles. The number of aliphatic hydroxyl groups excluding tert-OH is 2. The Morgan fingerprint density at radius 3 is 2.53 bits per heavy atom. The van der Waals surface area contributed by atoms with Crippen molar-refractivity contribution in [3.8, 4) is 12.0 Å². The van der Waals surface area contributed by atoms with Crippen LogP contribution in [0.25, 0.3) is 0 Å². The van der Waals surface area contributed by atoms with Gasteiger partial charge in [-0.2, -0.15) is 0 Å². The lowest BCUT2D eigenvalue weighted by atomic mass is 9.95. The van der Waals surface area contributed by atoms with E-state index in [4.69, 9.17) is 10.2 Å². The van der Waals surface area contributed by atoms with Gasteiger partial charge < -0.3 is 15.5 Å². The van der Waals surface area contributed by atoms with E-state index in [2.05, 4.69) is 18.2 Å². The van der Waals surface area contributed by atoms with Crippen molar-refractivity contribution in [3.63, 3.8) is 0 Å². The lowest BCUT2D eigenvalue weighted by molar-refractivity contribution is 0.279. The Labute approximate surface area is 92.9 Å². The van der Waals surface area contributed by atoms with E-state index in [0.29, 0.717) is 0 Å². The number of hydrogen-bond donors (Lipinski definition) is 3. The first-order valence-corrected chi connectivity index (χ1v) is 5.70. The number of rotatable bonds is 8. The molecule has 0 aromatic rings. The molecule has 0 aliphatic rings. The zero-order valence-corrected chi connectivity index (χ0v) is 9.84. The van der Waals surface area contributed by atoms with Gasteiger partial charge in [-0.15, -0.1) is 0 Å². The van der Waals surface area contributed by atoms with Crippen molar-refractivity contribution in [2.24, 2.45) is 0 Å². The van der Waals surface area contributed by atoms with E-state index < -0.39 is 0 Å². The van der Waals surface area contributed by atoms with Crippen LogP contribution in [0.2, 0.25) is 0 Å². The largest absolute Gasteiger partial charge is 0.462 e. The average Bonchev–Trinajstić information content (AvgIpc) is 2.22. The summed E-state index contributed by atoms with van der Waals surface area (Å²) in [5.41, 5.74) is -0.291. The summed E-state index contributed by atoms with van der Waals surface area (Å²) >= 11 is 0. The molecule has 3 heteroatoms. The van der Waals surface area contributed by atoms with Crippen LogP contribution in [0.5, 0.6) is 0 Å². The van der Waals surface area contributed by atoms with E-state index in [9.17, 15) is 0 Å². The van der Waals surface area contributed by atoms with E-state index in [-0.39, 0.29) is 12.1 Å². The minimum Gasteiger partial charge on any atom is -0.462 e. The fraction of sp³-hybridized carbons (Fsp3) is 0.833. The predicted molar refractivity (Wildman–Crippen MR) is 62.0 cm³/mol. The number of hydrogen-bond acceptors (Lipinski definition) is 3. The van der Waals surface area contributed by atoms with Gasteiger partial charge >= 0.3 is 0 Å². The summed E-state index contributed by atoms with van der Waals surface area (Å²) in [6.45, 7) is 5.27. The maximum Gasteiger partial charge on any atom is 0.109 e. The summed E-state index contributed by atoms with van der Waals surface area (Å²) in [6.07, 6.45) is 6.82. The van der Waals surface area contributed by atoms with E-state index >= 15 is 0 Å². The molecule has 1 unspecified atom stereocenters. The summed E-state index contributed by atoms with van der Waals surface area (Å²) in [4.78, 5) is 0. The van der Waals surface area contributed by atoms with Crippen LogP contribution in [0.15, 0.2) is 0 Å². The maximum absolute atomic E-state index is 8.66. The molecule has 88 valence electrons. The third kappa shape index (κ3) is 7.24. The Hall–Kier alpha value is -0.720. The molecule has 0 saturated carbocycles. The van der Waals surface area contributed by atoms with Gasteiger partial charge in [0.05, 0.1) is 5.54 Å². The molecule has 0 spiro atoms. The van der Waals surface area contributed by atoms with Crippen molar-refractivity contribution in [3.05, 3.63) is 0 Å². The first-order chi connectivity index (χ1) is 7.18. The number of unbranched alkanes of at least 4 members (excludes halogenated alkanes) is 2. The Kier molecular flexibility index (Phi) is 8.17. The van der Waals surface area contributed by atoms with Crippen LogP contribution in [-0.2, 0) is 0 Å². The molecule has 3 nitrogen and oxygen atoms in total. The van der Waals surface area contributed by atoms with Crippen molar-refractivity contribution in [1.82, 2.24) is 5.32 Å². The van der Waals surface area contributed by atoms with Gasteiger partial charge in [-0.25, -0.2) is 0 Å². The fourth-order valence-electron chi connectivity index (χ4n) is 1.49. The van der Waals surface area contributed by atoms with E-state index in [1.165, 1.54) is 0 Å². The first kappa shape index (κ1) is 14.3. The van der Waals surface area contributed by atoms with Crippen LogP contribution in [0, 0.1) is 12.0 Å². The lowest BCUT2D eigenvalue weighted by Crippen LogP contribution is -2.41. The highest BCUT2D eigenvalue weighted by Gasteiger charge is 2.19. The second-order valence-corrected chi connectivity index (χ2v) is 4.03. The molecular weight excluding hydrogens is 190 g/mol. The highest BCUT2D eigenvalue weighted by Crippen LogP contribution is 2.13. The van der Waals surface area contributed by atoms with Crippen LogP contribution in [-0.4, -0.2) is 28.9 Å². The van der Waals surface area contributed by atoms with Gasteiger partial charge in [-0.1, -0.05) is 19.8 Å². The highest BCUT2D eigenvalue weighted by atomic mass is 16.3. The zero-order valence-electron chi connectivity index (χ0n) is 9.84. The van der Waals surface area contributed by atoms with Crippen LogP contribution in [0.4, 0.5) is 0 Å². The molecule has 3 N–H and O–H groups in total. The Morgan fingerprint density at radius 2 is 2.00 bits per heavy atom. The molecule has 0 rings (SSSR count). The normalized spacial score (nSPS) is 14.1. The third-order valence-corrected chi connectivity index (χ3v) is 2.43. The van der Waals surface area contributed by atoms with Crippen molar-refractivity contribution in [2.75, 3.05) is 13.2 Å². The standard InChI is InChI=1S/C12H23NO2/c1-3-9-13-12(2,8-11-15)7-5-4-6-10-14/h13-15H,3-7,9-10H2,1-2H3. The van der Waals surface area contributed by atoms with Gasteiger partial charge in [0.1, 0.15) is 6.11 Å². The van der Waals surface area contributed by atoms with Gasteiger partial charge in [0.25, 0.3) is 0 Å². The summed E-state index contributed by atoms with van der Waals surface area (Å²) in [5, 5.41) is 20.6. The van der Waals surface area contributed by atoms with E-state index in [1.54, 1.807) is 0 Å². The van der Waals surface area contributed by atoms with Gasteiger partial charge in [0.15, 0.2) is 0 Å². The topological polar surface area (TPSA) is 52.5 Å². The van der Waals surface area contributed by atoms with Crippen LogP contribution in [0.3, 0.4) is 0 Å². The quantitative estimate of drug-likeness (QED) is 0.424. The summed E-state index contributed by atoms with van der Waals surface area (Å²) in [7, 11) is 0. The Bertz CT molecular complexity index is 207. The third-order valence-electron chi connectivity index (χ3n) is 2.43. The molecular formula is C12H23NO2. The van der Waals surface area contributed by atoms with Crippen molar-refractivity contribution < 1.29 is 10.2 Å². The lowest BCUT2D eigenvalue weighted by Gasteiger charge is -2.24. The minimum absolute atomic E-state index is 0.255. The first-order valence-electron chi connectivity index (χ1n) is 5.70. The van der Waals surface area contributed by atoms with Gasteiger partial charge in [-0.05, 0) is 38.7 Å². The molecule has 0 saturated heterocycles. The maximum atomic E-state index is 8.66. The predicted octanol–water partition coefficient (Wildman–Crippen LogP) is 1.63. The van der Waals surface area contributed by atoms with Gasteiger partial charge in [0.2, 0.25) is 0 Å². The molecule has 0 amide bonds. The van der Waals surface area contributed by atoms with Crippen LogP contribution >= 0.6 is 0 Å². The average molecular weight is 213 g/mol. The molecule has 0 heterocycles. The Balaban J connectivity index is 3.93. The molecule has 0 radical (unpaired) electrons. The number of aliphatic hydroxyl groups is 2. The van der Waals surface area contributed by atoms with E-state index in [1.807, 2.05) is 13.0 Å². The molecule has 15 heavy (non-hydrogen) atoms. The summed E-state index contributed by atoms with van der Waals surface area (Å²) in [5.74, 6) is 2.80. The second kappa shape index (κ2) is 8.58. The summed E-state index contributed by atoms with van der Waals surface area (Å²) < 4.78 is 0. The smallest absolute Gasteiger partial charge is 0.109 e. The van der Waals surface area contributed by atoms with Gasteiger partial charge in [-0.3, -0.25) is 0 Å². The van der Waals surface area contributed by atoms with Crippen molar-refractivity contribution in [2.45, 2.75) is 51.5 Å². The molecule has 0 aliphatic carbocycles. The fourth-order valence-corrected chi connectivity index (χ4v) is 1.49. The molecule has 0 aromatic carbocycles. The van der Waals surface area contributed by atoms with Crippen molar-refractivity contribution in [1.29, 1.82) is 0 Å². The second-order valence-electron chi connectivity index (χ2n) is 4.03. The van der Waals surface area contributed by atoms with Crippen LogP contribution in [0.1, 0.15) is 46.0 Å². The monoisotopic (exact) mass is 213 g/mol. The van der Waals surface area contributed by atoms with Gasteiger partial charge in [0, 0.05) is 6.61 Å². The molecule has 0 aromatic heterocycles. The molecule has 0 fully saturated rings. The highest BCUT2D eigenvalue weighted by molar-refractivity contribution is 5.12. The van der Waals surface area contributed by atoms with Crippen LogP contribution < -0.4 is 5.32 Å². The molecule has 1 atom stereocenters. The molecule has 0 bridgehead atoms. The van der Waals surface area contributed by atoms with Crippen molar-refractivity contribution >= 4 is 0 Å². The summed E-state index contributed by atoms with van der Waals surface area (Å²) in [6, 6.07) is 0. The SMILES string of the molecule is CCCNC(C)(C#CO)CCCCCO. The zero-order chi connectivity index (χ0) is 11.6. The minimum atomic E-state index is -0.291. The Morgan fingerprint density at radius 1 is 1.27 bits per heavy atom.